The molecule has 2 aromatic heterocycles. The van der Waals surface area contributed by atoms with Gasteiger partial charge in [-0.1, -0.05) is 12.1 Å². The van der Waals surface area contributed by atoms with Crippen molar-refractivity contribution >= 4 is 22.5 Å². The first-order chi connectivity index (χ1) is 11.3. The van der Waals surface area contributed by atoms with Gasteiger partial charge in [0.1, 0.15) is 29.3 Å². The summed E-state index contributed by atoms with van der Waals surface area (Å²) >= 11 is 0. The van der Waals surface area contributed by atoms with Crippen molar-refractivity contribution in [3.8, 4) is 0 Å². The van der Waals surface area contributed by atoms with Gasteiger partial charge in [-0.3, -0.25) is 0 Å². The molecule has 118 valence electrons. The van der Waals surface area contributed by atoms with Crippen molar-refractivity contribution in [2.45, 2.75) is 12.8 Å². The highest BCUT2D eigenvalue weighted by Gasteiger charge is 2.06. The smallest absolute Gasteiger partial charge is 0.149 e. The summed E-state index contributed by atoms with van der Waals surface area (Å²) in [6.07, 6.45) is 5.13. The minimum Gasteiger partial charge on any atom is -0.370 e. The molecule has 0 radical (unpaired) electrons. The molecule has 3 rings (SSSR count). The first kappa shape index (κ1) is 15.1. The lowest BCUT2D eigenvalue weighted by Crippen LogP contribution is -2.08. The summed E-state index contributed by atoms with van der Waals surface area (Å²) in [6.45, 7) is 1.63. The van der Waals surface area contributed by atoms with Crippen molar-refractivity contribution < 1.29 is 4.39 Å². The molecule has 5 nitrogen and oxygen atoms in total. The fourth-order valence-corrected chi connectivity index (χ4v) is 2.33. The molecule has 3 aromatic rings. The molecule has 0 aliphatic carbocycles. The molecule has 0 saturated heterocycles. The van der Waals surface area contributed by atoms with Crippen LogP contribution in [0.3, 0.4) is 0 Å². The Hall–Kier alpha value is -2.76. The van der Waals surface area contributed by atoms with Gasteiger partial charge in [-0.2, -0.15) is 0 Å². The van der Waals surface area contributed by atoms with E-state index in [1.165, 1.54) is 12.4 Å². The summed E-state index contributed by atoms with van der Waals surface area (Å²) in [5, 5.41) is 7.23. The third-order valence-corrected chi connectivity index (χ3v) is 3.48. The number of aromatic nitrogens is 3. The van der Waals surface area contributed by atoms with Gasteiger partial charge in [-0.15, -0.1) is 0 Å². The molecular formula is C17H18FN5. The van der Waals surface area contributed by atoms with Gasteiger partial charge in [0.25, 0.3) is 0 Å². The second-order valence-corrected chi connectivity index (χ2v) is 5.13. The monoisotopic (exact) mass is 311 g/mol. The average Bonchev–Trinajstić information content (AvgIpc) is 2.59. The standard InChI is InChI=1S/C17H18FN5/c18-14-7-5-6-13-16(14)22-12-23-17(13)21-11-4-3-10-20-15-8-1-2-9-19-15/h1-2,5-9,12H,3-4,10-11H2,(H,19,20)(H,21,22,23). The molecule has 2 N–H and O–H groups in total. The topological polar surface area (TPSA) is 62.7 Å². The van der Waals surface area contributed by atoms with Gasteiger partial charge in [0.2, 0.25) is 0 Å². The molecule has 23 heavy (non-hydrogen) atoms. The van der Waals surface area contributed by atoms with Gasteiger partial charge in [-0.05, 0) is 37.1 Å². The Balaban J connectivity index is 1.47. The number of fused-ring (bicyclic) bond motifs is 1. The SMILES string of the molecule is Fc1cccc2c(NCCCCNc3ccccn3)ncnc12. The highest BCUT2D eigenvalue weighted by Crippen LogP contribution is 2.21. The van der Waals surface area contributed by atoms with Crippen LogP contribution in [0.25, 0.3) is 10.9 Å². The predicted octanol–water partition coefficient (Wildman–Crippen LogP) is 3.47. The minimum absolute atomic E-state index is 0.326. The molecule has 0 amide bonds. The molecule has 0 saturated carbocycles. The summed E-state index contributed by atoms with van der Waals surface area (Å²) in [5.41, 5.74) is 0.349. The van der Waals surface area contributed by atoms with Gasteiger partial charge >= 0.3 is 0 Å². The minimum atomic E-state index is -0.326. The predicted molar refractivity (Wildman–Crippen MR) is 89.9 cm³/mol. The van der Waals surface area contributed by atoms with E-state index in [2.05, 4.69) is 25.6 Å². The Morgan fingerprint density at radius 3 is 2.57 bits per heavy atom. The third-order valence-electron chi connectivity index (χ3n) is 3.48. The number of anilines is 2. The highest BCUT2D eigenvalue weighted by atomic mass is 19.1. The maximum Gasteiger partial charge on any atom is 0.149 e. The number of hydrogen-bond acceptors (Lipinski definition) is 5. The van der Waals surface area contributed by atoms with E-state index in [4.69, 9.17) is 0 Å². The van der Waals surface area contributed by atoms with Crippen molar-refractivity contribution in [3.05, 3.63) is 54.7 Å². The summed E-state index contributed by atoms with van der Waals surface area (Å²) < 4.78 is 13.7. The van der Waals surface area contributed by atoms with Crippen LogP contribution in [0.5, 0.6) is 0 Å². The van der Waals surface area contributed by atoms with E-state index in [-0.39, 0.29) is 5.82 Å². The summed E-state index contributed by atoms with van der Waals surface area (Å²) in [7, 11) is 0. The second-order valence-electron chi connectivity index (χ2n) is 5.13. The molecule has 0 unspecified atom stereocenters. The van der Waals surface area contributed by atoms with Crippen LogP contribution in [0.2, 0.25) is 0 Å². The van der Waals surface area contributed by atoms with E-state index in [0.29, 0.717) is 16.7 Å². The van der Waals surface area contributed by atoms with E-state index in [1.807, 2.05) is 24.3 Å². The van der Waals surface area contributed by atoms with Gasteiger partial charge in [0.05, 0.1) is 0 Å². The number of rotatable bonds is 7. The molecular weight excluding hydrogens is 293 g/mol. The largest absolute Gasteiger partial charge is 0.370 e. The fourth-order valence-electron chi connectivity index (χ4n) is 2.33. The normalized spacial score (nSPS) is 10.7. The quantitative estimate of drug-likeness (QED) is 0.654. The van der Waals surface area contributed by atoms with Crippen molar-refractivity contribution in [2.24, 2.45) is 0 Å². The first-order valence-corrected chi connectivity index (χ1v) is 7.62. The van der Waals surface area contributed by atoms with Crippen LogP contribution < -0.4 is 10.6 Å². The zero-order chi connectivity index (χ0) is 15.9. The maximum absolute atomic E-state index is 13.7. The number of halogens is 1. The second kappa shape index (κ2) is 7.49. The molecule has 0 spiro atoms. The van der Waals surface area contributed by atoms with Gasteiger partial charge < -0.3 is 10.6 Å². The van der Waals surface area contributed by atoms with E-state index in [9.17, 15) is 4.39 Å². The number of unbranched alkanes of at least 4 members (excludes halogenated alkanes) is 1. The Morgan fingerprint density at radius 1 is 0.870 bits per heavy atom. The van der Waals surface area contributed by atoms with Crippen molar-refractivity contribution in [2.75, 3.05) is 23.7 Å². The van der Waals surface area contributed by atoms with Crippen LogP contribution in [-0.4, -0.2) is 28.0 Å². The average molecular weight is 311 g/mol. The van der Waals surface area contributed by atoms with Crippen LogP contribution in [0.15, 0.2) is 48.9 Å². The summed E-state index contributed by atoms with van der Waals surface area (Å²) in [4.78, 5) is 12.4. The molecule has 0 fully saturated rings. The van der Waals surface area contributed by atoms with Crippen molar-refractivity contribution in [3.63, 3.8) is 0 Å². The number of benzene rings is 1. The maximum atomic E-state index is 13.7. The molecule has 2 heterocycles. The van der Waals surface area contributed by atoms with Crippen LogP contribution in [0, 0.1) is 5.82 Å². The van der Waals surface area contributed by atoms with E-state index in [1.54, 1.807) is 12.3 Å². The molecule has 0 aliphatic heterocycles. The number of para-hydroxylation sites is 1. The Labute approximate surface area is 134 Å². The molecule has 0 aliphatic rings. The zero-order valence-corrected chi connectivity index (χ0v) is 12.7. The molecule has 6 heteroatoms. The third kappa shape index (κ3) is 3.91. The van der Waals surface area contributed by atoms with Crippen molar-refractivity contribution in [1.29, 1.82) is 0 Å². The van der Waals surface area contributed by atoms with Gasteiger partial charge in [0.15, 0.2) is 0 Å². The number of nitrogens with one attached hydrogen (secondary N) is 2. The van der Waals surface area contributed by atoms with E-state index < -0.39 is 0 Å². The number of nitrogens with zero attached hydrogens (tertiary/aromatic N) is 3. The Kier molecular flexibility index (Phi) is 4.93. The lowest BCUT2D eigenvalue weighted by atomic mass is 10.2. The molecule has 0 atom stereocenters. The summed E-state index contributed by atoms with van der Waals surface area (Å²) in [5.74, 6) is 1.23. The highest BCUT2D eigenvalue weighted by molar-refractivity contribution is 5.89. The number of pyridine rings is 1. The van der Waals surface area contributed by atoms with E-state index >= 15 is 0 Å². The van der Waals surface area contributed by atoms with Crippen LogP contribution in [0.4, 0.5) is 16.0 Å². The fraction of sp³-hybridized carbons (Fsp3) is 0.235. The van der Waals surface area contributed by atoms with Crippen LogP contribution in [-0.2, 0) is 0 Å². The van der Waals surface area contributed by atoms with Crippen LogP contribution in [0.1, 0.15) is 12.8 Å². The van der Waals surface area contributed by atoms with Crippen molar-refractivity contribution in [1.82, 2.24) is 15.0 Å². The first-order valence-electron chi connectivity index (χ1n) is 7.62. The van der Waals surface area contributed by atoms with Crippen LogP contribution >= 0.6 is 0 Å². The number of hydrogen-bond donors (Lipinski definition) is 2. The molecule has 0 bridgehead atoms. The lowest BCUT2D eigenvalue weighted by Gasteiger charge is -2.09. The molecule has 1 aromatic carbocycles. The van der Waals surface area contributed by atoms with E-state index in [0.717, 1.165) is 31.7 Å². The summed E-state index contributed by atoms with van der Waals surface area (Å²) in [6, 6.07) is 10.7. The van der Waals surface area contributed by atoms with Gasteiger partial charge in [0, 0.05) is 24.7 Å². The Bertz CT molecular complexity index is 763. The lowest BCUT2D eigenvalue weighted by molar-refractivity contribution is 0.636. The van der Waals surface area contributed by atoms with Gasteiger partial charge in [-0.25, -0.2) is 19.3 Å². The Morgan fingerprint density at radius 2 is 1.74 bits per heavy atom. The zero-order valence-electron chi connectivity index (χ0n) is 12.7.